The minimum absolute atomic E-state index is 0.227. The maximum atomic E-state index is 12.1. The zero-order chi connectivity index (χ0) is 13.9. The van der Waals surface area contributed by atoms with Gasteiger partial charge in [0, 0.05) is 0 Å². The second-order valence-electron chi connectivity index (χ2n) is 3.92. The van der Waals surface area contributed by atoms with E-state index in [2.05, 4.69) is 31.3 Å². The number of amides is 1. The molecular formula is C13H9BrN4O2. The van der Waals surface area contributed by atoms with E-state index >= 15 is 0 Å². The number of benzene rings is 1. The van der Waals surface area contributed by atoms with Crippen molar-refractivity contribution in [1.29, 1.82) is 0 Å². The predicted octanol–water partition coefficient (Wildman–Crippen LogP) is 2.88. The van der Waals surface area contributed by atoms with Crippen LogP contribution in [-0.4, -0.2) is 20.7 Å². The Labute approximate surface area is 122 Å². The number of hydrogen-bond donors (Lipinski definition) is 1. The first-order chi connectivity index (χ1) is 9.74. The molecule has 100 valence electrons. The van der Waals surface area contributed by atoms with Crippen LogP contribution >= 0.6 is 15.9 Å². The van der Waals surface area contributed by atoms with Gasteiger partial charge in [0.1, 0.15) is 12.7 Å². The number of nitrogens with one attached hydrogen (secondary N) is 1. The third kappa shape index (κ3) is 2.48. The van der Waals surface area contributed by atoms with E-state index in [1.807, 2.05) is 18.2 Å². The number of rotatable bonds is 3. The second-order valence-corrected chi connectivity index (χ2v) is 4.70. The first-order valence-electron chi connectivity index (χ1n) is 5.75. The molecule has 3 aromatic rings. The molecule has 0 aliphatic rings. The molecule has 1 amide bonds. The number of carbonyl (C=O) groups excluding carboxylic acids is 1. The van der Waals surface area contributed by atoms with Crippen molar-refractivity contribution < 1.29 is 9.21 Å². The molecule has 1 N–H and O–H groups in total. The van der Waals surface area contributed by atoms with Crippen LogP contribution in [0.5, 0.6) is 0 Å². The zero-order valence-electron chi connectivity index (χ0n) is 10.2. The Hall–Kier alpha value is -2.41. The Morgan fingerprint density at radius 1 is 1.25 bits per heavy atom. The van der Waals surface area contributed by atoms with E-state index in [1.165, 1.54) is 6.33 Å². The van der Waals surface area contributed by atoms with Crippen molar-refractivity contribution in [2.45, 2.75) is 0 Å². The van der Waals surface area contributed by atoms with Crippen LogP contribution in [-0.2, 0) is 0 Å². The Morgan fingerprint density at radius 2 is 2.10 bits per heavy atom. The first-order valence-corrected chi connectivity index (χ1v) is 6.54. The van der Waals surface area contributed by atoms with Crippen LogP contribution in [0, 0.1) is 0 Å². The summed E-state index contributed by atoms with van der Waals surface area (Å²) in [5.74, 6) is -0.103. The Bertz CT molecular complexity index is 736. The average molecular weight is 333 g/mol. The van der Waals surface area contributed by atoms with E-state index in [-0.39, 0.29) is 11.7 Å². The number of para-hydroxylation sites is 2. The van der Waals surface area contributed by atoms with Gasteiger partial charge in [-0.15, -0.1) is 0 Å². The number of halogens is 1. The fraction of sp³-hybridized carbons (Fsp3) is 0. The summed E-state index contributed by atoms with van der Waals surface area (Å²) in [6, 6.07) is 10.6. The van der Waals surface area contributed by atoms with Gasteiger partial charge in [0.15, 0.2) is 10.4 Å². The molecule has 0 saturated carbocycles. The minimum Gasteiger partial charge on any atom is -0.444 e. The van der Waals surface area contributed by atoms with Gasteiger partial charge in [0.25, 0.3) is 5.91 Å². The van der Waals surface area contributed by atoms with Gasteiger partial charge < -0.3 is 9.73 Å². The normalized spacial score (nSPS) is 10.4. The number of aromatic nitrogens is 3. The topological polar surface area (TPSA) is 73.0 Å². The average Bonchev–Trinajstić information content (AvgIpc) is 3.10. The summed E-state index contributed by atoms with van der Waals surface area (Å²) in [6.07, 6.45) is 3.00. The lowest BCUT2D eigenvalue weighted by Crippen LogP contribution is -2.13. The quantitative estimate of drug-likeness (QED) is 0.800. The zero-order valence-corrected chi connectivity index (χ0v) is 11.7. The van der Waals surface area contributed by atoms with E-state index in [9.17, 15) is 4.79 Å². The third-order valence-corrected chi connectivity index (χ3v) is 3.04. The van der Waals surface area contributed by atoms with Crippen molar-refractivity contribution in [2.75, 3.05) is 5.32 Å². The van der Waals surface area contributed by atoms with Crippen molar-refractivity contribution >= 4 is 27.5 Å². The lowest BCUT2D eigenvalue weighted by atomic mass is 10.2. The van der Waals surface area contributed by atoms with E-state index < -0.39 is 0 Å². The number of nitrogens with zero attached hydrogens (tertiary/aromatic N) is 3. The summed E-state index contributed by atoms with van der Waals surface area (Å²) in [5, 5.41) is 6.84. The van der Waals surface area contributed by atoms with E-state index in [0.29, 0.717) is 10.4 Å². The van der Waals surface area contributed by atoms with Crippen molar-refractivity contribution in [1.82, 2.24) is 14.8 Å². The minimum atomic E-state index is -0.330. The molecule has 7 heteroatoms. The highest BCUT2D eigenvalue weighted by Gasteiger charge is 2.13. The van der Waals surface area contributed by atoms with Crippen LogP contribution in [0.15, 0.2) is 58.1 Å². The van der Waals surface area contributed by atoms with Gasteiger partial charge in [0.2, 0.25) is 0 Å². The smallest absolute Gasteiger partial charge is 0.291 e. The van der Waals surface area contributed by atoms with E-state index in [4.69, 9.17) is 4.42 Å². The van der Waals surface area contributed by atoms with Gasteiger partial charge in [-0.25, -0.2) is 9.67 Å². The fourth-order valence-electron chi connectivity index (χ4n) is 1.73. The highest BCUT2D eigenvalue weighted by atomic mass is 79.9. The SMILES string of the molecule is O=C(Nc1ccccc1-n1cncn1)c1ccc(Br)o1. The molecular weight excluding hydrogens is 324 g/mol. The highest BCUT2D eigenvalue weighted by molar-refractivity contribution is 9.10. The van der Waals surface area contributed by atoms with Crippen molar-refractivity contribution in [2.24, 2.45) is 0 Å². The van der Waals surface area contributed by atoms with Crippen molar-refractivity contribution in [3.8, 4) is 5.69 Å². The Balaban J connectivity index is 1.90. The van der Waals surface area contributed by atoms with Gasteiger partial charge >= 0.3 is 0 Å². The third-order valence-electron chi connectivity index (χ3n) is 2.61. The number of carbonyl (C=O) groups is 1. The predicted molar refractivity (Wildman–Crippen MR) is 75.7 cm³/mol. The lowest BCUT2D eigenvalue weighted by molar-refractivity contribution is 0.0995. The molecule has 1 aromatic carbocycles. The molecule has 6 nitrogen and oxygen atoms in total. The Kier molecular flexibility index (Phi) is 3.34. The molecule has 0 bridgehead atoms. The fourth-order valence-corrected chi connectivity index (χ4v) is 2.04. The first kappa shape index (κ1) is 12.6. The monoisotopic (exact) mass is 332 g/mol. The maximum Gasteiger partial charge on any atom is 0.291 e. The van der Waals surface area contributed by atoms with Gasteiger partial charge in [-0.05, 0) is 40.2 Å². The molecule has 0 fully saturated rings. The summed E-state index contributed by atoms with van der Waals surface area (Å²) in [4.78, 5) is 16.0. The van der Waals surface area contributed by atoms with Gasteiger partial charge in [-0.2, -0.15) is 5.10 Å². The standard InChI is InChI=1S/C13H9BrN4O2/c14-12-6-5-11(20-12)13(19)17-9-3-1-2-4-10(9)18-8-15-7-16-18/h1-8H,(H,17,19). The number of furan rings is 1. The Morgan fingerprint density at radius 3 is 2.80 bits per heavy atom. The summed E-state index contributed by atoms with van der Waals surface area (Å²) in [5.41, 5.74) is 1.35. The number of anilines is 1. The number of hydrogen-bond acceptors (Lipinski definition) is 4. The maximum absolute atomic E-state index is 12.1. The van der Waals surface area contributed by atoms with Crippen LogP contribution in [0.4, 0.5) is 5.69 Å². The largest absolute Gasteiger partial charge is 0.444 e. The van der Waals surface area contributed by atoms with E-state index in [1.54, 1.807) is 29.2 Å². The summed E-state index contributed by atoms with van der Waals surface area (Å²) in [6.45, 7) is 0. The second kappa shape index (κ2) is 5.30. The van der Waals surface area contributed by atoms with E-state index in [0.717, 1.165) is 5.69 Å². The summed E-state index contributed by atoms with van der Waals surface area (Å²) >= 11 is 3.16. The molecule has 20 heavy (non-hydrogen) atoms. The molecule has 2 aromatic heterocycles. The van der Waals surface area contributed by atoms with Crippen LogP contribution in [0.25, 0.3) is 5.69 Å². The molecule has 0 atom stereocenters. The highest BCUT2D eigenvalue weighted by Crippen LogP contribution is 2.21. The lowest BCUT2D eigenvalue weighted by Gasteiger charge is -2.09. The van der Waals surface area contributed by atoms with Gasteiger partial charge in [0.05, 0.1) is 11.4 Å². The van der Waals surface area contributed by atoms with Gasteiger partial charge in [-0.3, -0.25) is 4.79 Å². The van der Waals surface area contributed by atoms with Crippen LogP contribution < -0.4 is 5.32 Å². The molecule has 0 radical (unpaired) electrons. The summed E-state index contributed by atoms with van der Waals surface area (Å²) in [7, 11) is 0. The van der Waals surface area contributed by atoms with Crippen LogP contribution in [0.1, 0.15) is 10.6 Å². The molecule has 3 rings (SSSR count). The summed E-state index contributed by atoms with van der Waals surface area (Å²) < 4.78 is 7.30. The molecule has 0 spiro atoms. The molecule has 0 saturated heterocycles. The molecule has 0 aliphatic heterocycles. The van der Waals surface area contributed by atoms with Crippen LogP contribution in [0.2, 0.25) is 0 Å². The van der Waals surface area contributed by atoms with Crippen molar-refractivity contribution in [3.05, 3.63) is 59.5 Å². The van der Waals surface area contributed by atoms with Crippen LogP contribution in [0.3, 0.4) is 0 Å². The molecule has 0 unspecified atom stereocenters. The van der Waals surface area contributed by atoms with Crippen molar-refractivity contribution in [3.63, 3.8) is 0 Å². The van der Waals surface area contributed by atoms with Gasteiger partial charge in [-0.1, -0.05) is 12.1 Å². The molecule has 2 heterocycles. The molecule has 0 aliphatic carbocycles.